The van der Waals surface area contributed by atoms with E-state index in [1.165, 1.54) is 20.5 Å². The third-order valence-corrected chi connectivity index (χ3v) is 8.39. The molecule has 1 aromatic carbocycles. The molecule has 1 spiro atoms. The molecule has 3 aliphatic heterocycles. The number of hydrogen-bond acceptors (Lipinski definition) is 5. The average Bonchev–Trinajstić information content (AvgIpc) is 3.40. The van der Waals surface area contributed by atoms with Crippen LogP contribution in [0.3, 0.4) is 0 Å². The topological polar surface area (TPSA) is 36.0 Å². The van der Waals surface area contributed by atoms with Gasteiger partial charge in [0.2, 0.25) is 5.91 Å². The van der Waals surface area contributed by atoms with E-state index in [4.69, 9.17) is 4.74 Å². The minimum atomic E-state index is -0.129. The van der Waals surface area contributed by atoms with Gasteiger partial charge in [0.05, 0.1) is 18.6 Å². The van der Waals surface area contributed by atoms with Crippen LogP contribution in [0, 0.1) is 12.3 Å². The fraction of sp³-hybridized carbons (Fsp3) is 0.609. The van der Waals surface area contributed by atoms with Gasteiger partial charge in [-0.3, -0.25) is 14.6 Å². The van der Waals surface area contributed by atoms with Gasteiger partial charge in [0, 0.05) is 55.4 Å². The van der Waals surface area contributed by atoms with Crippen molar-refractivity contribution in [3.63, 3.8) is 0 Å². The zero-order chi connectivity index (χ0) is 19.8. The third-order valence-electron chi connectivity index (χ3n) is 7.13. The molecule has 0 aliphatic carbocycles. The average molecular weight is 414 g/mol. The SMILES string of the molecule is Cc1c(CN2CCC3(CCN(CCN4CCOCC4)C3=O)C2)sc2ccccc12. The maximum atomic E-state index is 13.3. The Kier molecular flexibility index (Phi) is 5.37. The molecule has 2 aromatic rings. The molecule has 0 saturated carbocycles. The van der Waals surface area contributed by atoms with E-state index in [0.29, 0.717) is 5.91 Å². The van der Waals surface area contributed by atoms with E-state index in [1.54, 1.807) is 0 Å². The molecular formula is C23H31N3O2S. The number of ether oxygens (including phenoxy) is 1. The summed E-state index contributed by atoms with van der Waals surface area (Å²) in [5.74, 6) is 0.404. The van der Waals surface area contributed by atoms with Crippen LogP contribution in [-0.4, -0.2) is 79.6 Å². The van der Waals surface area contributed by atoms with Crippen LogP contribution >= 0.6 is 11.3 Å². The highest BCUT2D eigenvalue weighted by atomic mass is 32.1. The van der Waals surface area contributed by atoms with E-state index in [2.05, 4.69) is 45.9 Å². The zero-order valence-electron chi connectivity index (χ0n) is 17.4. The number of morpholine rings is 1. The number of hydrogen-bond donors (Lipinski definition) is 0. The molecule has 3 saturated heterocycles. The molecule has 29 heavy (non-hydrogen) atoms. The van der Waals surface area contributed by atoms with Gasteiger partial charge in [-0.2, -0.15) is 0 Å². The standard InChI is InChI=1S/C23H31N3O2S/c1-18-19-4-2-3-5-20(19)29-21(18)16-25-8-6-23(17-25)7-9-26(22(23)27)11-10-24-12-14-28-15-13-24/h2-5H,6-17H2,1H3. The van der Waals surface area contributed by atoms with Gasteiger partial charge in [0.25, 0.3) is 0 Å². The Morgan fingerprint density at radius 2 is 1.83 bits per heavy atom. The fourth-order valence-corrected chi connectivity index (χ4v) is 6.50. The van der Waals surface area contributed by atoms with Crippen LogP contribution in [-0.2, 0) is 16.1 Å². The minimum absolute atomic E-state index is 0.129. The highest BCUT2D eigenvalue weighted by molar-refractivity contribution is 7.19. The summed E-state index contributed by atoms with van der Waals surface area (Å²) in [6.07, 6.45) is 2.04. The predicted octanol–water partition coefficient (Wildman–Crippen LogP) is 2.97. The number of likely N-dealkylation sites (tertiary alicyclic amines) is 2. The molecule has 5 rings (SSSR count). The summed E-state index contributed by atoms with van der Waals surface area (Å²) in [6.45, 7) is 11.6. The number of rotatable bonds is 5. The zero-order valence-corrected chi connectivity index (χ0v) is 18.2. The van der Waals surface area contributed by atoms with E-state index in [0.717, 1.165) is 78.4 Å². The number of carbonyl (C=O) groups excluding carboxylic acids is 1. The Bertz CT molecular complexity index is 891. The van der Waals surface area contributed by atoms with E-state index >= 15 is 0 Å². The molecule has 5 nitrogen and oxygen atoms in total. The lowest BCUT2D eigenvalue weighted by molar-refractivity contribution is -0.135. The summed E-state index contributed by atoms with van der Waals surface area (Å²) in [6, 6.07) is 8.69. The largest absolute Gasteiger partial charge is 0.379 e. The number of nitrogens with zero attached hydrogens (tertiary/aromatic N) is 3. The first kappa shape index (κ1) is 19.5. The minimum Gasteiger partial charge on any atom is -0.379 e. The normalized spacial score (nSPS) is 26.4. The van der Waals surface area contributed by atoms with Crippen LogP contribution in [0.2, 0.25) is 0 Å². The molecule has 4 heterocycles. The maximum absolute atomic E-state index is 13.3. The molecule has 3 aliphatic rings. The van der Waals surface area contributed by atoms with Crippen molar-refractivity contribution < 1.29 is 9.53 Å². The van der Waals surface area contributed by atoms with Gasteiger partial charge in [-0.15, -0.1) is 11.3 Å². The Morgan fingerprint density at radius 1 is 1.03 bits per heavy atom. The molecule has 1 amide bonds. The number of aryl methyl sites for hydroxylation is 1. The lowest BCUT2D eigenvalue weighted by atomic mass is 9.85. The lowest BCUT2D eigenvalue weighted by Gasteiger charge is -2.29. The molecule has 6 heteroatoms. The van der Waals surface area contributed by atoms with Gasteiger partial charge in [-0.05, 0) is 43.3 Å². The van der Waals surface area contributed by atoms with Crippen molar-refractivity contribution in [2.75, 3.05) is 59.0 Å². The predicted molar refractivity (Wildman–Crippen MR) is 117 cm³/mol. The summed E-state index contributed by atoms with van der Waals surface area (Å²) in [7, 11) is 0. The van der Waals surface area contributed by atoms with Gasteiger partial charge >= 0.3 is 0 Å². The van der Waals surface area contributed by atoms with E-state index in [1.807, 2.05) is 11.3 Å². The second-order valence-electron chi connectivity index (χ2n) is 8.88. The number of amides is 1. The third kappa shape index (κ3) is 3.72. The van der Waals surface area contributed by atoms with Crippen molar-refractivity contribution in [1.82, 2.24) is 14.7 Å². The van der Waals surface area contributed by atoms with Crippen LogP contribution in [0.4, 0.5) is 0 Å². The van der Waals surface area contributed by atoms with E-state index in [9.17, 15) is 4.79 Å². The first-order valence-electron chi connectivity index (χ1n) is 10.9. The van der Waals surface area contributed by atoms with Crippen molar-refractivity contribution in [1.29, 1.82) is 0 Å². The smallest absolute Gasteiger partial charge is 0.230 e. The summed E-state index contributed by atoms with van der Waals surface area (Å²) < 4.78 is 6.81. The number of fused-ring (bicyclic) bond motifs is 1. The summed E-state index contributed by atoms with van der Waals surface area (Å²) in [5.41, 5.74) is 1.28. The van der Waals surface area contributed by atoms with Gasteiger partial charge in [0.15, 0.2) is 0 Å². The second-order valence-corrected chi connectivity index (χ2v) is 10.0. The van der Waals surface area contributed by atoms with Crippen LogP contribution in [0.5, 0.6) is 0 Å². The highest BCUT2D eigenvalue weighted by Crippen LogP contribution is 2.42. The highest BCUT2D eigenvalue weighted by Gasteiger charge is 2.50. The summed E-state index contributed by atoms with van der Waals surface area (Å²) >= 11 is 1.91. The molecule has 0 bridgehead atoms. The molecule has 1 aromatic heterocycles. The lowest BCUT2D eigenvalue weighted by Crippen LogP contribution is -2.43. The Hall–Kier alpha value is -1.47. The van der Waals surface area contributed by atoms with Crippen molar-refractivity contribution in [3.8, 4) is 0 Å². The van der Waals surface area contributed by atoms with Crippen molar-refractivity contribution in [2.45, 2.75) is 26.3 Å². The van der Waals surface area contributed by atoms with Gasteiger partial charge < -0.3 is 9.64 Å². The first-order valence-corrected chi connectivity index (χ1v) is 11.8. The fourth-order valence-electron chi connectivity index (χ4n) is 5.24. The molecule has 156 valence electrons. The van der Waals surface area contributed by atoms with Crippen LogP contribution in [0.25, 0.3) is 10.1 Å². The van der Waals surface area contributed by atoms with Crippen molar-refractivity contribution in [3.05, 3.63) is 34.7 Å². The van der Waals surface area contributed by atoms with E-state index in [-0.39, 0.29) is 5.41 Å². The molecule has 1 atom stereocenters. The maximum Gasteiger partial charge on any atom is 0.230 e. The van der Waals surface area contributed by atoms with Crippen LogP contribution in [0.15, 0.2) is 24.3 Å². The number of carbonyl (C=O) groups is 1. The monoisotopic (exact) mass is 413 g/mol. The van der Waals surface area contributed by atoms with Gasteiger partial charge in [-0.25, -0.2) is 0 Å². The summed E-state index contributed by atoms with van der Waals surface area (Å²) in [4.78, 5) is 21.8. The Morgan fingerprint density at radius 3 is 2.66 bits per heavy atom. The van der Waals surface area contributed by atoms with Gasteiger partial charge in [0.1, 0.15) is 0 Å². The molecule has 0 N–H and O–H groups in total. The Balaban J connectivity index is 1.20. The number of benzene rings is 1. The van der Waals surface area contributed by atoms with Crippen molar-refractivity contribution in [2.24, 2.45) is 5.41 Å². The molecule has 0 radical (unpaired) electrons. The van der Waals surface area contributed by atoms with Gasteiger partial charge in [-0.1, -0.05) is 18.2 Å². The molecular weight excluding hydrogens is 382 g/mol. The summed E-state index contributed by atoms with van der Waals surface area (Å²) in [5, 5.41) is 1.38. The van der Waals surface area contributed by atoms with Crippen molar-refractivity contribution >= 4 is 27.3 Å². The van der Waals surface area contributed by atoms with Crippen LogP contribution < -0.4 is 0 Å². The van der Waals surface area contributed by atoms with Crippen LogP contribution in [0.1, 0.15) is 23.3 Å². The quantitative estimate of drug-likeness (QED) is 0.755. The van der Waals surface area contributed by atoms with E-state index < -0.39 is 0 Å². The molecule has 3 fully saturated rings. The first-order chi connectivity index (χ1) is 14.1. The molecule has 1 unspecified atom stereocenters. The number of thiophene rings is 1. The second kappa shape index (κ2) is 7.99. The Labute approximate surface area is 177 Å².